The number of hydrogen-bond donors (Lipinski definition) is 1. The van der Waals surface area contributed by atoms with Gasteiger partial charge in [-0.3, -0.25) is 4.79 Å². The number of benzene rings is 1. The maximum absolute atomic E-state index is 13.0. The van der Waals surface area contributed by atoms with Gasteiger partial charge in [0.25, 0.3) is 0 Å². The van der Waals surface area contributed by atoms with E-state index in [2.05, 4.69) is 4.98 Å². The zero-order chi connectivity index (χ0) is 12.3. The van der Waals surface area contributed by atoms with Crippen LogP contribution in [0.15, 0.2) is 42.6 Å². The van der Waals surface area contributed by atoms with Crippen LogP contribution >= 0.6 is 0 Å². The summed E-state index contributed by atoms with van der Waals surface area (Å²) in [4.78, 5) is 16.4. The van der Waals surface area contributed by atoms with Gasteiger partial charge in [-0.2, -0.15) is 0 Å². The minimum Gasteiger partial charge on any atom is -0.367 e. The highest BCUT2D eigenvalue weighted by atomic mass is 19.1. The number of carbonyl (C=O) groups excluding carboxylic acids is 1. The van der Waals surface area contributed by atoms with Crippen molar-refractivity contribution in [1.82, 2.24) is 4.98 Å². The van der Waals surface area contributed by atoms with E-state index in [4.69, 9.17) is 0 Å². The molecule has 0 unspecified atom stereocenters. The van der Waals surface area contributed by atoms with Crippen molar-refractivity contribution in [2.45, 2.75) is 0 Å². The number of aromatic amines is 1. The Balaban J connectivity index is 2.07. The lowest BCUT2D eigenvalue weighted by Crippen LogP contribution is -2.25. The average Bonchev–Trinajstić information content (AvgIpc) is 2.82. The molecule has 0 saturated heterocycles. The molecule has 4 heteroatoms. The number of ketones is 1. The third-order valence-corrected chi connectivity index (χ3v) is 2.53. The summed E-state index contributed by atoms with van der Waals surface area (Å²) in [5, 5.41) is 0. The summed E-state index contributed by atoms with van der Waals surface area (Å²) in [6.45, 7) is 0.212. The molecule has 1 aromatic heterocycles. The third-order valence-electron chi connectivity index (χ3n) is 2.53. The molecule has 1 aromatic carbocycles. The topological polar surface area (TPSA) is 36.1 Å². The first-order chi connectivity index (χ1) is 8.16. The molecule has 17 heavy (non-hydrogen) atoms. The van der Waals surface area contributed by atoms with Crippen LogP contribution in [0.5, 0.6) is 0 Å². The van der Waals surface area contributed by atoms with Gasteiger partial charge in [-0.05, 0) is 30.3 Å². The Morgan fingerprint density at radius 1 is 1.35 bits per heavy atom. The van der Waals surface area contributed by atoms with Gasteiger partial charge >= 0.3 is 0 Å². The second kappa shape index (κ2) is 4.82. The molecule has 0 aliphatic rings. The lowest BCUT2D eigenvalue weighted by molar-refractivity contribution is 0.0996. The molecule has 0 atom stereocenters. The smallest absolute Gasteiger partial charge is 0.198 e. The number of nitrogens with one attached hydrogen (secondary N) is 1. The van der Waals surface area contributed by atoms with E-state index in [1.165, 1.54) is 12.1 Å². The molecular weight excluding hydrogens is 219 g/mol. The molecule has 0 aliphatic heterocycles. The first-order valence-corrected chi connectivity index (χ1v) is 5.30. The van der Waals surface area contributed by atoms with E-state index in [0.29, 0.717) is 11.4 Å². The summed E-state index contributed by atoms with van der Waals surface area (Å²) in [7, 11) is 1.76. The zero-order valence-corrected chi connectivity index (χ0v) is 9.48. The molecule has 0 spiro atoms. The number of nitrogens with zero attached hydrogens (tertiary/aromatic N) is 1. The second-order valence-corrected chi connectivity index (χ2v) is 3.84. The summed E-state index contributed by atoms with van der Waals surface area (Å²) in [5.41, 5.74) is 1.25. The zero-order valence-electron chi connectivity index (χ0n) is 9.48. The Hall–Kier alpha value is -2.10. The molecule has 88 valence electrons. The average molecular weight is 232 g/mol. The Kier molecular flexibility index (Phi) is 3.23. The van der Waals surface area contributed by atoms with Gasteiger partial charge in [0.2, 0.25) is 0 Å². The minimum absolute atomic E-state index is 0.0261. The van der Waals surface area contributed by atoms with Gasteiger partial charge in [-0.15, -0.1) is 0 Å². The van der Waals surface area contributed by atoms with Crippen LogP contribution in [0.3, 0.4) is 0 Å². The quantitative estimate of drug-likeness (QED) is 0.822. The first kappa shape index (κ1) is 11.4. The highest BCUT2D eigenvalue weighted by Crippen LogP contribution is 2.14. The number of Topliss-reactive ketones (excluding diaryl/α,β-unsaturated/α-hetero) is 1. The fraction of sp³-hybridized carbons (Fsp3) is 0.154. The maximum Gasteiger partial charge on any atom is 0.198 e. The van der Waals surface area contributed by atoms with E-state index in [-0.39, 0.29) is 18.1 Å². The van der Waals surface area contributed by atoms with Crippen molar-refractivity contribution in [3.8, 4) is 0 Å². The molecule has 0 radical (unpaired) electrons. The molecular formula is C13H13FN2O. The van der Waals surface area contributed by atoms with E-state index >= 15 is 0 Å². The number of carbonyl (C=O) groups is 1. The summed E-state index contributed by atoms with van der Waals surface area (Å²) < 4.78 is 13.0. The van der Waals surface area contributed by atoms with Gasteiger partial charge in [0, 0.05) is 18.9 Å². The van der Waals surface area contributed by atoms with E-state index in [0.717, 1.165) is 0 Å². The molecule has 1 N–H and O–H groups in total. The largest absolute Gasteiger partial charge is 0.367 e. The molecule has 0 fully saturated rings. The van der Waals surface area contributed by atoms with E-state index < -0.39 is 0 Å². The van der Waals surface area contributed by atoms with E-state index in [1.54, 1.807) is 42.4 Å². The molecule has 0 amide bonds. The first-order valence-electron chi connectivity index (χ1n) is 5.30. The number of aromatic nitrogens is 1. The van der Waals surface area contributed by atoms with Crippen molar-refractivity contribution in [1.29, 1.82) is 0 Å². The van der Waals surface area contributed by atoms with Gasteiger partial charge < -0.3 is 9.88 Å². The third kappa shape index (κ3) is 2.72. The number of rotatable bonds is 4. The lowest BCUT2D eigenvalue weighted by atomic mass is 10.2. The molecule has 0 bridgehead atoms. The molecule has 0 saturated carbocycles. The van der Waals surface area contributed by atoms with Crippen molar-refractivity contribution in [2.24, 2.45) is 0 Å². The van der Waals surface area contributed by atoms with Crippen molar-refractivity contribution < 1.29 is 9.18 Å². The Labute approximate surface area is 98.9 Å². The van der Waals surface area contributed by atoms with E-state index in [1.807, 2.05) is 0 Å². The van der Waals surface area contributed by atoms with Crippen LogP contribution in [-0.4, -0.2) is 24.4 Å². The monoisotopic (exact) mass is 232 g/mol. The molecule has 2 aromatic rings. The molecule has 1 heterocycles. The van der Waals surface area contributed by atoms with Gasteiger partial charge in [-0.1, -0.05) is 6.07 Å². The number of H-pyrrole nitrogens is 1. The maximum atomic E-state index is 13.0. The lowest BCUT2D eigenvalue weighted by Gasteiger charge is -2.17. The summed E-state index contributed by atoms with van der Waals surface area (Å²) in [5.74, 6) is -0.330. The Morgan fingerprint density at radius 2 is 2.18 bits per heavy atom. The Morgan fingerprint density at radius 3 is 2.82 bits per heavy atom. The van der Waals surface area contributed by atoms with Crippen molar-refractivity contribution in [3.63, 3.8) is 0 Å². The van der Waals surface area contributed by atoms with Crippen molar-refractivity contribution in [2.75, 3.05) is 18.5 Å². The SMILES string of the molecule is CN(CC(=O)c1ccc[nH]1)c1cccc(F)c1. The number of likely N-dealkylation sites (N-methyl/N-ethyl adjacent to an activating group) is 1. The molecule has 3 nitrogen and oxygen atoms in total. The summed E-state index contributed by atoms with van der Waals surface area (Å²) in [6.07, 6.45) is 1.70. The van der Waals surface area contributed by atoms with Crippen LogP contribution in [0.2, 0.25) is 0 Å². The van der Waals surface area contributed by atoms with Crippen LogP contribution in [0.4, 0.5) is 10.1 Å². The predicted molar refractivity (Wildman–Crippen MR) is 64.8 cm³/mol. The number of hydrogen-bond acceptors (Lipinski definition) is 2. The second-order valence-electron chi connectivity index (χ2n) is 3.84. The normalized spacial score (nSPS) is 10.2. The fourth-order valence-corrected chi connectivity index (χ4v) is 1.61. The van der Waals surface area contributed by atoms with Crippen LogP contribution in [0.1, 0.15) is 10.5 Å². The number of halogens is 1. The van der Waals surface area contributed by atoms with Crippen molar-refractivity contribution >= 4 is 11.5 Å². The minimum atomic E-state index is -0.304. The van der Waals surface area contributed by atoms with Gasteiger partial charge in [0.1, 0.15) is 5.82 Å². The summed E-state index contributed by atoms with van der Waals surface area (Å²) >= 11 is 0. The molecule has 0 aliphatic carbocycles. The van der Waals surface area contributed by atoms with E-state index in [9.17, 15) is 9.18 Å². The van der Waals surface area contributed by atoms with Crippen molar-refractivity contribution in [3.05, 3.63) is 54.1 Å². The predicted octanol–water partition coefficient (Wildman–Crippen LogP) is 2.47. The highest BCUT2D eigenvalue weighted by Gasteiger charge is 2.10. The molecule has 2 rings (SSSR count). The Bertz CT molecular complexity index is 508. The highest BCUT2D eigenvalue weighted by molar-refractivity contribution is 5.97. The van der Waals surface area contributed by atoms with Crippen LogP contribution in [0.25, 0.3) is 0 Å². The van der Waals surface area contributed by atoms with Gasteiger partial charge in [0.15, 0.2) is 5.78 Å². The fourth-order valence-electron chi connectivity index (χ4n) is 1.61. The van der Waals surface area contributed by atoms with Crippen LogP contribution < -0.4 is 4.90 Å². The van der Waals surface area contributed by atoms with Crippen LogP contribution in [-0.2, 0) is 0 Å². The standard InChI is InChI=1S/C13H13FN2O/c1-16(11-5-2-4-10(14)8-11)9-13(17)12-6-3-7-15-12/h2-8,15H,9H2,1H3. The summed E-state index contributed by atoms with van der Waals surface area (Å²) in [6, 6.07) is 9.68. The van der Waals surface area contributed by atoms with Crippen LogP contribution in [0, 0.1) is 5.82 Å². The van der Waals surface area contributed by atoms with Gasteiger partial charge in [0.05, 0.1) is 12.2 Å². The number of anilines is 1. The van der Waals surface area contributed by atoms with Gasteiger partial charge in [-0.25, -0.2) is 4.39 Å².